The van der Waals surface area contributed by atoms with Gasteiger partial charge in [0.1, 0.15) is 5.60 Å². The van der Waals surface area contributed by atoms with Gasteiger partial charge in [-0.05, 0) is 57.2 Å². The van der Waals surface area contributed by atoms with Gasteiger partial charge in [0.25, 0.3) is 0 Å². The molecule has 0 aromatic rings. The molecule has 0 radical (unpaired) electrons. The first-order chi connectivity index (χ1) is 13.0. The average molecular weight is 430 g/mol. The van der Waals surface area contributed by atoms with Gasteiger partial charge in [0.2, 0.25) is 0 Å². The first kappa shape index (κ1) is 24.2. The third-order valence-electron chi connectivity index (χ3n) is 6.78. The molecular weight excluding hydrogens is 389 g/mol. The van der Waals surface area contributed by atoms with Gasteiger partial charge < -0.3 is 18.4 Å². The van der Waals surface area contributed by atoms with Crippen LogP contribution in [0.5, 0.6) is 0 Å². The van der Waals surface area contributed by atoms with E-state index in [0.29, 0.717) is 6.61 Å². The van der Waals surface area contributed by atoms with Crippen LogP contribution in [0, 0.1) is 17.2 Å². The zero-order valence-corrected chi connectivity index (χ0v) is 20.8. The van der Waals surface area contributed by atoms with E-state index >= 15 is 0 Å². The summed E-state index contributed by atoms with van der Waals surface area (Å²) in [5.74, 6) is 0.0113. The predicted molar refractivity (Wildman–Crippen MR) is 118 cm³/mol. The fraction of sp³-hybridized carbons (Fsp3) is 0.952. The summed E-state index contributed by atoms with van der Waals surface area (Å²) in [6.07, 6.45) is 5.97. The fourth-order valence-electron chi connectivity index (χ4n) is 3.99. The smallest absolute Gasteiger partial charge is 0.192 e. The lowest BCUT2D eigenvalue weighted by Gasteiger charge is -2.45. The van der Waals surface area contributed by atoms with Gasteiger partial charge in [-0.2, -0.15) is 5.26 Å². The highest BCUT2D eigenvalue weighted by molar-refractivity contribution is 7.09. The van der Waals surface area contributed by atoms with Crippen LogP contribution in [0.25, 0.3) is 0 Å². The van der Waals surface area contributed by atoms with Gasteiger partial charge in [0.05, 0.1) is 37.6 Å². The summed E-state index contributed by atoms with van der Waals surface area (Å²) < 4.78 is 24.9. The van der Waals surface area contributed by atoms with Crippen molar-refractivity contribution in [2.45, 2.75) is 108 Å². The lowest BCUT2D eigenvalue weighted by molar-refractivity contribution is -0.183. The van der Waals surface area contributed by atoms with Crippen LogP contribution in [0.3, 0.4) is 0 Å². The third kappa shape index (κ3) is 6.00. The van der Waals surface area contributed by atoms with Gasteiger partial charge in [0, 0.05) is 21.8 Å². The molecule has 0 bridgehead atoms. The van der Waals surface area contributed by atoms with Gasteiger partial charge in [-0.1, -0.05) is 20.8 Å². The molecule has 2 aliphatic heterocycles. The molecule has 2 aliphatic rings. The minimum absolute atomic E-state index is 0.0113. The molecule has 1 unspecified atom stereocenters. The van der Waals surface area contributed by atoms with E-state index in [4.69, 9.17) is 18.4 Å². The molecule has 0 saturated carbocycles. The molecule has 6 atom stereocenters. The molecular formula is C21H40NO4PSi. The third-order valence-corrected chi connectivity index (χ3v) is 11.5. The van der Waals surface area contributed by atoms with Crippen molar-refractivity contribution < 1.29 is 18.4 Å². The highest BCUT2D eigenvalue weighted by atomic mass is 31.0. The highest BCUT2D eigenvalue weighted by Crippen LogP contribution is 2.46. The van der Waals surface area contributed by atoms with Gasteiger partial charge >= 0.3 is 0 Å². The summed E-state index contributed by atoms with van der Waals surface area (Å²) in [6.45, 7) is 14.7. The molecule has 162 valence electrons. The molecule has 7 heteroatoms. The second-order valence-corrected chi connectivity index (χ2v) is 15.3. The van der Waals surface area contributed by atoms with E-state index in [-0.39, 0.29) is 34.9 Å². The summed E-state index contributed by atoms with van der Waals surface area (Å²) in [6, 6.07) is 2.35. The van der Waals surface area contributed by atoms with E-state index < -0.39 is 8.32 Å². The Kier molecular flexibility index (Phi) is 8.54. The van der Waals surface area contributed by atoms with Crippen LogP contribution in [-0.4, -0.2) is 45.4 Å². The standard InChI is InChI=1S/C21H40NO4PSi/c1-16(14-22)12-17-9-10-19-21(26-17,13-18(25-19)8-7-11-23-27)15-24-28(5,6)20(2,3)4/h16-19H,7-13,15,27H2,1-6H3/t16-,17-,18+,19+,21-/m1/s1. The Morgan fingerprint density at radius 3 is 2.61 bits per heavy atom. The number of hydrogen-bond donors (Lipinski definition) is 0. The largest absolute Gasteiger partial charge is 0.414 e. The summed E-state index contributed by atoms with van der Waals surface area (Å²) >= 11 is 0. The van der Waals surface area contributed by atoms with Crippen molar-refractivity contribution in [2.75, 3.05) is 13.2 Å². The van der Waals surface area contributed by atoms with E-state index in [0.717, 1.165) is 45.1 Å². The van der Waals surface area contributed by atoms with E-state index in [1.807, 2.05) is 6.92 Å². The molecule has 0 aliphatic carbocycles. The monoisotopic (exact) mass is 429 g/mol. The molecule has 5 nitrogen and oxygen atoms in total. The number of fused-ring (bicyclic) bond motifs is 1. The molecule has 0 spiro atoms. The molecule has 2 fully saturated rings. The van der Waals surface area contributed by atoms with Gasteiger partial charge in [-0.3, -0.25) is 0 Å². The van der Waals surface area contributed by atoms with Crippen LogP contribution in [0.1, 0.15) is 66.2 Å². The lowest BCUT2D eigenvalue weighted by Crippen LogP contribution is -2.55. The SMILES string of the molecule is C[C@@H](C#N)C[C@H]1CC[C@@H]2O[C@@H](CCCOP)C[C@]2(CO[Si](C)(C)C(C)(C)C)O1. The molecule has 2 rings (SSSR count). The summed E-state index contributed by atoms with van der Waals surface area (Å²) in [7, 11) is 0.435. The van der Waals surface area contributed by atoms with E-state index in [1.165, 1.54) is 0 Å². The minimum atomic E-state index is -1.88. The highest BCUT2D eigenvalue weighted by Gasteiger charge is 2.54. The average Bonchev–Trinajstić information content (AvgIpc) is 2.97. The number of nitriles is 1. The lowest BCUT2D eigenvalue weighted by atomic mass is 9.85. The van der Waals surface area contributed by atoms with Crippen LogP contribution in [0.15, 0.2) is 0 Å². The van der Waals surface area contributed by atoms with Crippen LogP contribution in [-0.2, 0) is 18.4 Å². The second-order valence-electron chi connectivity index (χ2n) is 10.2. The first-order valence-corrected chi connectivity index (χ1v) is 14.1. The quantitative estimate of drug-likeness (QED) is 0.286. The molecule has 0 aromatic carbocycles. The molecule has 28 heavy (non-hydrogen) atoms. The molecule has 0 aromatic heterocycles. The Morgan fingerprint density at radius 1 is 1.29 bits per heavy atom. The maximum Gasteiger partial charge on any atom is 0.192 e. The van der Waals surface area contributed by atoms with Crippen molar-refractivity contribution in [2.24, 2.45) is 5.92 Å². The first-order valence-electron chi connectivity index (χ1n) is 10.7. The molecule has 2 heterocycles. The van der Waals surface area contributed by atoms with Gasteiger partial charge in [-0.15, -0.1) is 0 Å². The normalized spacial score (nSPS) is 32.0. The summed E-state index contributed by atoms with van der Waals surface area (Å²) in [4.78, 5) is 0. The second kappa shape index (κ2) is 9.86. The predicted octanol–water partition coefficient (Wildman–Crippen LogP) is 5.22. The van der Waals surface area contributed by atoms with Gasteiger partial charge in [0.15, 0.2) is 8.32 Å². The number of rotatable bonds is 9. The number of hydrogen-bond acceptors (Lipinski definition) is 5. The zero-order valence-electron chi connectivity index (χ0n) is 18.6. The Labute approximate surface area is 175 Å². The number of nitrogens with zero attached hydrogens (tertiary/aromatic N) is 1. The molecule has 0 N–H and O–H groups in total. The molecule has 2 saturated heterocycles. The summed E-state index contributed by atoms with van der Waals surface area (Å²) in [5.41, 5.74) is -0.375. The van der Waals surface area contributed by atoms with Crippen LogP contribution in [0.4, 0.5) is 0 Å². The maximum absolute atomic E-state index is 9.22. The van der Waals surface area contributed by atoms with Crippen LogP contribution in [0.2, 0.25) is 18.1 Å². The van der Waals surface area contributed by atoms with Crippen LogP contribution < -0.4 is 0 Å². The summed E-state index contributed by atoms with van der Waals surface area (Å²) in [5, 5.41) is 9.38. The van der Waals surface area contributed by atoms with Crippen molar-refractivity contribution in [3.63, 3.8) is 0 Å². The minimum Gasteiger partial charge on any atom is -0.414 e. The van der Waals surface area contributed by atoms with Crippen molar-refractivity contribution >= 4 is 17.8 Å². The fourth-order valence-corrected chi connectivity index (χ4v) is 5.19. The topological polar surface area (TPSA) is 60.7 Å². The van der Waals surface area contributed by atoms with Crippen LogP contribution >= 0.6 is 9.47 Å². The van der Waals surface area contributed by atoms with Crippen molar-refractivity contribution in [3.8, 4) is 6.07 Å². The zero-order chi connectivity index (χ0) is 21.0. The molecule has 0 amide bonds. The number of ether oxygens (including phenoxy) is 2. The Morgan fingerprint density at radius 2 is 2.00 bits per heavy atom. The van der Waals surface area contributed by atoms with Crippen molar-refractivity contribution in [3.05, 3.63) is 0 Å². The van der Waals surface area contributed by atoms with Gasteiger partial charge in [-0.25, -0.2) is 0 Å². The Bertz CT molecular complexity index is 548. The van der Waals surface area contributed by atoms with E-state index in [9.17, 15) is 5.26 Å². The Hall–Kier alpha value is -0.0231. The van der Waals surface area contributed by atoms with E-state index in [2.05, 4.69) is 49.4 Å². The maximum atomic E-state index is 9.22. The van der Waals surface area contributed by atoms with Crippen molar-refractivity contribution in [1.82, 2.24) is 0 Å². The van der Waals surface area contributed by atoms with Crippen molar-refractivity contribution in [1.29, 1.82) is 5.26 Å². The Balaban J connectivity index is 2.12. The van der Waals surface area contributed by atoms with E-state index in [1.54, 1.807) is 0 Å².